The molecule has 0 aliphatic carbocycles. The SMILES string of the molecule is COC(c1cccc(OCC#Cc2nccc3ccccc23)c1)C(C)SN=N. The first-order valence-electron chi connectivity index (χ1n) is 8.83. The third kappa shape index (κ3) is 4.89. The summed E-state index contributed by atoms with van der Waals surface area (Å²) in [5.41, 5.74) is 8.76. The second kappa shape index (κ2) is 9.88. The van der Waals surface area contributed by atoms with E-state index in [4.69, 9.17) is 15.0 Å². The third-order valence-electron chi connectivity index (χ3n) is 4.28. The molecule has 2 atom stereocenters. The highest BCUT2D eigenvalue weighted by atomic mass is 32.2. The third-order valence-corrected chi connectivity index (χ3v) is 4.96. The number of benzene rings is 2. The number of nitrogens with one attached hydrogen (secondary N) is 1. The van der Waals surface area contributed by atoms with Gasteiger partial charge < -0.3 is 9.47 Å². The van der Waals surface area contributed by atoms with Gasteiger partial charge in [0.25, 0.3) is 0 Å². The van der Waals surface area contributed by atoms with Crippen LogP contribution < -0.4 is 4.74 Å². The Bertz CT molecular complexity index is 1010. The predicted octanol–water partition coefficient (Wildman–Crippen LogP) is 5.42. The van der Waals surface area contributed by atoms with E-state index < -0.39 is 0 Å². The quantitative estimate of drug-likeness (QED) is 0.332. The molecule has 1 heterocycles. The van der Waals surface area contributed by atoms with Gasteiger partial charge in [0.15, 0.2) is 0 Å². The molecule has 2 unspecified atom stereocenters. The van der Waals surface area contributed by atoms with Crippen LogP contribution >= 0.6 is 11.9 Å². The van der Waals surface area contributed by atoms with Gasteiger partial charge in [0.05, 0.1) is 11.4 Å². The van der Waals surface area contributed by atoms with Crippen molar-refractivity contribution in [2.45, 2.75) is 18.3 Å². The Kier molecular flexibility index (Phi) is 7.01. The molecule has 0 radical (unpaired) electrons. The van der Waals surface area contributed by atoms with Gasteiger partial charge in [-0.25, -0.2) is 4.98 Å². The van der Waals surface area contributed by atoms with E-state index in [-0.39, 0.29) is 18.0 Å². The minimum Gasteiger partial charge on any atom is -0.481 e. The van der Waals surface area contributed by atoms with Gasteiger partial charge in [-0.05, 0) is 42.0 Å². The zero-order chi connectivity index (χ0) is 19.8. The highest BCUT2D eigenvalue weighted by Gasteiger charge is 2.20. The molecular formula is C22H21N3O2S. The minimum absolute atomic E-state index is 0.0231. The predicted molar refractivity (Wildman–Crippen MR) is 113 cm³/mol. The molecule has 0 spiro atoms. The minimum atomic E-state index is -0.173. The van der Waals surface area contributed by atoms with Crippen LogP contribution in [0.1, 0.15) is 24.3 Å². The van der Waals surface area contributed by atoms with Gasteiger partial charge in [-0.3, -0.25) is 0 Å². The molecule has 2 aromatic carbocycles. The lowest BCUT2D eigenvalue weighted by molar-refractivity contribution is 0.104. The number of hydrogen-bond donors (Lipinski definition) is 1. The molecule has 1 aromatic heterocycles. The molecule has 28 heavy (non-hydrogen) atoms. The topological polar surface area (TPSA) is 67.6 Å². The van der Waals surface area contributed by atoms with Gasteiger partial charge in [-0.1, -0.05) is 42.3 Å². The maximum Gasteiger partial charge on any atom is 0.149 e. The number of pyridine rings is 1. The molecule has 1 N–H and O–H groups in total. The molecule has 3 rings (SSSR count). The summed E-state index contributed by atoms with van der Waals surface area (Å²) < 4.78 is 14.8. The van der Waals surface area contributed by atoms with Crippen LogP contribution in [0.3, 0.4) is 0 Å². The normalized spacial score (nSPS) is 12.6. The highest BCUT2D eigenvalue weighted by Crippen LogP contribution is 2.31. The van der Waals surface area contributed by atoms with Crippen molar-refractivity contribution in [3.8, 4) is 17.6 Å². The van der Waals surface area contributed by atoms with Crippen molar-refractivity contribution in [3.63, 3.8) is 0 Å². The molecule has 0 bridgehead atoms. The van der Waals surface area contributed by atoms with Crippen molar-refractivity contribution in [2.75, 3.05) is 13.7 Å². The van der Waals surface area contributed by atoms with Gasteiger partial charge in [0.2, 0.25) is 0 Å². The van der Waals surface area contributed by atoms with Crippen molar-refractivity contribution < 1.29 is 9.47 Å². The van der Waals surface area contributed by atoms with Crippen LogP contribution in [-0.4, -0.2) is 24.0 Å². The van der Waals surface area contributed by atoms with Crippen molar-refractivity contribution in [3.05, 3.63) is 72.1 Å². The molecule has 0 saturated carbocycles. The largest absolute Gasteiger partial charge is 0.481 e. The summed E-state index contributed by atoms with van der Waals surface area (Å²) in [6.45, 7) is 2.24. The van der Waals surface area contributed by atoms with Crippen LogP contribution in [0.15, 0.2) is 65.3 Å². The Morgan fingerprint density at radius 3 is 2.86 bits per heavy atom. The molecule has 0 saturated heterocycles. The van der Waals surface area contributed by atoms with E-state index in [0.29, 0.717) is 0 Å². The number of aromatic nitrogens is 1. The smallest absolute Gasteiger partial charge is 0.149 e. The Hall–Kier alpha value is -2.88. The molecule has 0 aliphatic heterocycles. The average molecular weight is 391 g/mol. The average Bonchev–Trinajstić information content (AvgIpc) is 2.72. The van der Waals surface area contributed by atoms with E-state index in [1.165, 1.54) is 11.9 Å². The fourth-order valence-corrected chi connectivity index (χ4v) is 3.52. The first-order valence-corrected chi connectivity index (χ1v) is 9.67. The lowest BCUT2D eigenvalue weighted by atomic mass is 10.1. The Balaban J connectivity index is 1.69. The van der Waals surface area contributed by atoms with Crippen LogP contribution in [0, 0.1) is 17.4 Å². The summed E-state index contributed by atoms with van der Waals surface area (Å²) in [4.78, 5) is 4.36. The second-order valence-corrected chi connectivity index (χ2v) is 7.24. The van der Waals surface area contributed by atoms with Gasteiger partial charge >= 0.3 is 0 Å². The molecule has 5 nitrogen and oxygen atoms in total. The van der Waals surface area contributed by atoms with Gasteiger partial charge in [0, 0.05) is 30.6 Å². The number of rotatable bonds is 7. The lowest BCUT2D eigenvalue weighted by Crippen LogP contribution is -2.13. The fraction of sp³-hybridized carbons (Fsp3) is 0.227. The summed E-state index contributed by atoms with van der Waals surface area (Å²) in [7, 11) is 1.65. The molecular weight excluding hydrogens is 370 g/mol. The van der Waals surface area contributed by atoms with Crippen molar-refractivity contribution >= 4 is 22.7 Å². The summed E-state index contributed by atoms with van der Waals surface area (Å²) in [6, 6.07) is 17.7. The molecule has 6 heteroatoms. The molecule has 0 fully saturated rings. The van der Waals surface area contributed by atoms with Crippen LogP contribution in [0.2, 0.25) is 0 Å². The maximum absolute atomic E-state index is 7.03. The van der Waals surface area contributed by atoms with Crippen molar-refractivity contribution in [1.82, 2.24) is 4.98 Å². The van der Waals surface area contributed by atoms with Gasteiger partial charge in [0.1, 0.15) is 18.1 Å². The number of ether oxygens (including phenoxy) is 2. The van der Waals surface area contributed by atoms with E-state index >= 15 is 0 Å². The summed E-state index contributed by atoms with van der Waals surface area (Å²) >= 11 is 1.18. The first-order chi connectivity index (χ1) is 13.7. The molecule has 3 aromatic rings. The summed E-state index contributed by atoms with van der Waals surface area (Å²) in [5.74, 6) is 6.85. The fourth-order valence-electron chi connectivity index (χ4n) is 2.98. The van der Waals surface area contributed by atoms with Crippen LogP contribution in [0.5, 0.6) is 5.75 Å². The molecule has 142 valence electrons. The van der Waals surface area contributed by atoms with Crippen molar-refractivity contribution in [2.24, 2.45) is 4.52 Å². The highest BCUT2D eigenvalue weighted by molar-refractivity contribution is 7.98. The first kappa shape index (κ1) is 19.9. The van der Waals surface area contributed by atoms with E-state index in [9.17, 15) is 0 Å². The number of fused-ring (bicyclic) bond motifs is 1. The summed E-state index contributed by atoms with van der Waals surface area (Å²) in [6.07, 6.45) is 1.60. The van der Waals surface area contributed by atoms with Gasteiger partial charge in [-0.15, -0.1) is 4.52 Å². The van der Waals surface area contributed by atoms with Gasteiger partial charge in [-0.2, -0.15) is 5.53 Å². The number of methoxy groups -OCH3 is 1. The van der Waals surface area contributed by atoms with Crippen molar-refractivity contribution in [1.29, 1.82) is 5.53 Å². The Labute approximate surface area is 169 Å². The monoisotopic (exact) mass is 391 g/mol. The number of hydrogen-bond acceptors (Lipinski definition) is 6. The Morgan fingerprint density at radius 2 is 2.04 bits per heavy atom. The zero-order valence-corrected chi connectivity index (χ0v) is 16.6. The molecule has 0 aliphatic rings. The van der Waals surface area contributed by atoms with Crippen LogP contribution in [0.4, 0.5) is 0 Å². The summed E-state index contributed by atoms with van der Waals surface area (Å²) in [5, 5.41) is 2.18. The maximum atomic E-state index is 7.03. The van der Waals surface area contributed by atoms with E-state index in [0.717, 1.165) is 27.8 Å². The Morgan fingerprint density at radius 1 is 1.18 bits per heavy atom. The number of nitrogens with zero attached hydrogens (tertiary/aromatic N) is 2. The van der Waals surface area contributed by atoms with E-state index in [1.807, 2.05) is 61.5 Å². The molecule has 0 amide bonds. The van der Waals surface area contributed by atoms with Crippen LogP contribution in [0.25, 0.3) is 10.8 Å². The van der Waals surface area contributed by atoms with E-state index in [2.05, 4.69) is 21.3 Å². The second-order valence-electron chi connectivity index (χ2n) is 6.10. The zero-order valence-electron chi connectivity index (χ0n) is 15.8. The van der Waals surface area contributed by atoms with Crippen LogP contribution in [-0.2, 0) is 4.74 Å². The van der Waals surface area contributed by atoms with E-state index in [1.54, 1.807) is 13.3 Å². The standard InChI is InChI=1S/C22H21N3O2S/c1-16(28-25-23)22(26-2)18-8-5-9-19(15-18)27-14-6-11-21-20-10-4-3-7-17(20)12-13-24-21/h3-5,7-10,12-13,15-16,22-23H,14H2,1-2H3. The lowest BCUT2D eigenvalue weighted by Gasteiger charge is -2.20.